The predicted octanol–water partition coefficient (Wildman–Crippen LogP) is 4.72. The van der Waals surface area contributed by atoms with Crippen LogP contribution in [-0.2, 0) is 15.0 Å². The fraction of sp³-hybridized carbons (Fsp3) is 0.250. The first-order chi connectivity index (χ1) is 12.7. The van der Waals surface area contributed by atoms with Crippen molar-refractivity contribution in [3.05, 3.63) is 57.1 Å². The maximum atomic E-state index is 12.4. The summed E-state index contributed by atoms with van der Waals surface area (Å²) in [5.41, 5.74) is 1.82. The molecule has 1 aromatic heterocycles. The van der Waals surface area contributed by atoms with Gasteiger partial charge in [-0.1, -0.05) is 39.0 Å². The monoisotopic (exact) mass is 400 g/mol. The summed E-state index contributed by atoms with van der Waals surface area (Å²) in [6.45, 7) is 6.05. The van der Waals surface area contributed by atoms with Crippen LogP contribution < -0.4 is 5.32 Å². The normalized spacial score (nSPS) is 16.3. The van der Waals surface area contributed by atoms with Crippen molar-refractivity contribution in [1.29, 1.82) is 0 Å². The van der Waals surface area contributed by atoms with E-state index < -0.39 is 17.1 Å². The van der Waals surface area contributed by atoms with E-state index in [-0.39, 0.29) is 12.0 Å². The van der Waals surface area contributed by atoms with Crippen LogP contribution in [0.15, 0.2) is 46.7 Å². The first kappa shape index (κ1) is 19.4. The Morgan fingerprint density at radius 1 is 1.15 bits per heavy atom. The van der Waals surface area contributed by atoms with Crippen LogP contribution in [0.5, 0.6) is 0 Å². The number of nitrogens with zero attached hydrogens (tertiary/aromatic N) is 1. The lowest BCUT2D eigenvalue weighted by Crippen LogP contribution is -2.36. The lowest BCUT2D eigenvalue weighted by Gasteiger charge is -2.19. The fourth-order valence-electron chi connectivity index (χ4n) is 2.54. The van der Waals surface area contributed by atoms with Crippen molar-refractivity contribution < 1.29 is 14.4 Å². The third kappa shape index (κ3) is 4.67. The number of amides is 3. The molecule has 1 aromatic carbocycles. The van der Waals surface area contributed by atoms with Gasteiger partial charge in [-0.15, -0.1) is 11.3 Å². The van der Waals surface area contributed by atoms with E-state index in [9.17, 15) is 14.4 Å². The van der Waals surface area contributed by atoms with Crippen LogP contribution in [0.4, 0.5) is 10.5 Å². The predicted molar refractivity (Wildman–Crippen MR) is 111 cm³/mol. The zero-order valence-electron chi connectivity index (χ0n) is 15.3. The van der Waals surface area contributed by atoms with Crippen molar-refractivity contribution >= 4 is 51.9 Å². The van der Waals surface area contributed by atoms with E-state index in [1.165, 1.54) is 11.3 Å². The smallest absolute Gasteiger partial charge is 0.294 e. The lowest BCUT2D eigenvalue weighted by molar-refractivity contribution is -0.127. The minimum Gasteiger partial charge on any atom is -0.325 e. The van der Waals surface area contributed by atoms with Crippen LogP contribution in [-0.4, -0.2) is 28.5 Å². The number of imide groups is 1. The van der Waals surface area contributed by atoms with Crippen molar-refractivity contribution in [3.8, 4) is 0 Å². The molecule has 0 saturated carbocycles. The van der Waals surface area contributed by atoms with Gasteiger partial charge >= 0.3 is 0 Å². The highest BCUT2D eigenvalue weighted by Gasteiger charge is 2.36. The molecule has 2 aromatic rings. The maximum Gasteiger partial charge on any atom is 0.294 e. The van der Waals surface area contributed by atoms with Gasteiger partial charge in [-0.3, -0.25) is 19.3 Å². The summed E-state index contributed by atoms with van der Waals surface area (Å²) in [7, 11) is 0. The first-order valence-electron chi connectivity index (χ1n) is 8.43. The SMILES string of the molecule is CC(C)(C)c1ccc(NC(=O)CN2C(=O)S/C(=C\c3cccs3)C2=O)cc1. The van der Waals surface area contributed by atoms with Crippen LogP contribution >= 0.6 is 23.1 Å². The van der Waals surface area contributed by atoms with Crippen molar-refractivity contribution in [2.24, 2.45) is 0 Å². The summed E-state index contributed by atoms with van der Waals surface area (Å²) < 4.78 is 0. The third-order valence-electron chi connectivity index (χ3n) is 4.03. The van der Waals surface area contributed by atoms with Gasteiger partial charge in [0.2, 0.25) is 5.91 Å². The first-order valence-corrected chi connectivity index (χ1v) is 10.1. The summed E-state index contributed by atoms with van der Waals surface area (Å²) in [5, 5.41) is 4.20. The highest BCUT2D eigenvalue weighted by atomic mass is 32.2. The number of benzene rings is 1. The minimum absolute atomic E-state index is 0.0272. The number of thiophene rings is 1. The Kier molecular flexibility index (Phi) is 5.53. The van der Waals surface area contributed by atoms with Gasteiger partial charge in [0.1, 0.15) is 6.54 Å². The number of carbonyl (C=O) groups excluding carboxylic acids is 3. The van der Waals surface area contributed by atoms with Gasteiger partial charge in [0.15, 0.2) is 0 Å². The van der Waals surface area contributed by atoms with Crippen molar-refractivity contribution in [1.82, 2.24) is 4.90 Å². The van der Waals surface area contributed by atoms with Gasteiger partial charge in [0, 0.05) is 10.6 Å². The summed E-state index contributed by atoms with van der Waals surface area (Å²) >= 11 is 2.34. The van der Waals surface area contributed by atoms with E-state index >= 15 is 0 Å². The molecular weight excluding hydrogens is 380 g/mol. The Morgan fingerprint density at radius 2 is 1.85 bits per heavy atom. The molecule has 2 heterocycles. The van der Waals surface area contributed by atoms with Crippen LogP contribution in [0.2, 0.25) is 0 Å². The average Bonchev–Trinajstić information content (AvgIpc) is 3.19. The van der Waals surface area contributed by atoms with Gasteiger partial charge in [-0.05, 0) is 52.4 Å². The number of hydrogen-bond acceptors (Lipinski definition) is 5. The second kappa shape index (κ2) is 7.70. The van der Waals surface area contributed by atoms with Crippen LogP contribution in [0.1, 0.15) is 31.2 Å². The Hall–Kier alpha value is -2.38. The van der Waals surface area contributed by atoms with Crippen molar-refractivity contribution in [2.75, 3.05) is 11.9 Å². The van der Waals surface area contributed by atoms with Crippen molar-refractivity contribution in [2.45, 2.75) is 26.2 Å². The maximum absolute atomic E-state index is 12.4. The van der Waals surface area contributed by atoms with Crippen LogP contribution in [0.3, 0.4) is 0 Å². The van der Waals surface area contributed by atoms with Gasteiger partial charge in [-0.2, -0.15) is 0 Å². The number of carbonyl (C=O) groups is 3. The largest absolute Gasteiger partial charge is 0.325 e. The molecule has 3 amide bonds. The molecular formula is C20H20N2O3S2. The number of rotatable bonds is 4. The molecule has 1 fully saturated rings. The molecule has 1 saturated heterocycles. The highest BCUT2D eigenvalue weighted by Crippen LogP contribution is 2.32. The second-order valence-electron chi connectivity index (χ2n) is 7.16. The van der Waals surface area contributed by atoms with Crippen molar-refractivity contribution in [3.63, 3.8) is 0 Å². The van der Waals surface area contributed by atoms with Gasteiger partial charge in [0.05, 0.1) is 4.91 Å². The molecule has 1 aliphatic heterocycles. The molecule has 0 bridgehead atoms. The molecule has 1 N–H and O–H groups in total. The van der Waals surface area contributed by atoms with Gasteiger partial charge in [0.25, 0.3) is 11.1 Å². The molecule has 27 heavy (non-hydrogen) atoms. The standard InChI is InChI=1S/C20H20N2O3S2/c1-20(2,3)13-6-8-14(9-7-13)21-17(23)12-22-18(24)16(27-19(22)25)11-15-5-4-10-26-15/h4-11H,12H2,1-3H3,(H,21,23)/b16-11-. The molecule has 3 rings (SSSR count). The molecule has 1 aliphatic rings. The Labute approximate surface area is 166 Å². The summed E-state index contributed by atoms with van der Waals surface area (Å²) in [6, 6.07) is 11.3. The molecule has 0 aliphatic carbocycles. The van der Waals surface area contributed by atoms with E-state index in [4.69, 9.17) is 0 Å². The summed E-state index contributed by atoms with van der Waals surface area (Å²) in [4.78, 5) is 39.0. The summed E-state index contributed by atoms with van der Waals surface area (Å²) in [6.07, 6.45) is 1.68. The number of nitrogens with one attached hydrogen (secondary N) is 1. The zero-order chi connectivity index (χ0) is 19.6. The van der Waals surface area contributed by atoms with Gasteiger partial charge in [-0.25, -0.2) is 0 Å². The number of thioether (sulfide) groups is 1. The minimum atomic E-state index is -0.434. The summed E-state index contributed by atoms with van der Waals surface area (Å²) in [5.74, 6) is -0.838. The molecule has 0 unspecified atom stereocenters. The average molecular weight is 401 g/mol. The number of hydrogen-bond donors (Lipinski definition) is 1. The van der Waals surface area contributed by atoms with E-state index in [0.717, 1.165) is 27.1 Å². The second-order valence-corrected chi connectivity index (χ2v) is 9.13. The molecule has 5 nitrogen and oxygen atoms in total. The van der Waals surface area contributed by atoms with E-state index in [1.54, 1.807) is 6.08 Å². The molecule has 140 valence electrons. The van der Waals surface area contributed by atoms with E-state index in [1.807, 2.05) is 41.8 Å². The third-order valence-corrected chi connectivity index (χ3v) is 5.75. The molecule has 0 atom stereocenters. The Balaban J connectivity index is 1.64. The Morgan fingerprint density at radius 3 is 2.44 bits per heavy atom. The number of anilines is 1. The van der Waals surface area contributed by atoms with Crippen LogP contribution in [0.25, 0.3) is 6.08 Å². The zero-order valence-corrected chi connectivity index (χ0v) is 16.9. The molecule has 0 radical (unpaired) electrons. The van der Waals surface area contributed by atoms with E-state index in [2.05, 4.69) is 26.1 Å². The Bertz CT molecular complexity index is 894. The quantitative estimate of drug-likeness (QED) is 0.754. The van der Waals surface area contributed by atoms with Crippen LogP contribution in [0, 0.1) is 0 Å². The molecule has 7 heteroatoms. The molecule has 0 spiro atoms. The fourth-order valence-corrected chi connectivity index (χ4v) is 4.10. The topological polar surface area (TPSA) is 66.5 Å². The highest BCUT2D eigenvalue weighted by molar-refractivity contribution is 8.18. The van der Waals surface area contributed by atoms with E-state index in [0.29, 0.717) is 10.6 Å². The lowest BCUT2D eigenvalue weighted by atomic mass is 9.87. The van der Waals surface area contributed by atoms with Gasteiger partial charge < -0.3 is 5.32 Å².